The number of nitrogen functional groups attached to an aromatic ring is 1. The highest BCUT2D eigenvalue weighted by Gasteiger charge is 2.18. The van der Waals surface area contributed by atoms with E-state index in [-0.39, 0.29) is 22.4 Å². The summed E-state index contributed by atoms with van der Waals surface area (Å²) in [6.45, 7) is 0. The summed E-state index contributed by atoms with van der Waals surface area (Å²) in [5.41, 5.74) is 5.84. The Morgan fingerprint density at radius 2 is 2.16 bits per heavy atom. The first-order valence-electron chi connectivity index (χ1n) is 5.06. The van der Waals surface area contributed by atoms with E-state index < -0.39 is 11.9 Å². The molecule has 0 aliphatic rings. The fraction of sp³-hybridized carbons (Fsp3) is 0.0909. The number of hydrogen-bond donors (Lipinski definition) is 1. The van der Waals surface area contributed by atoms with Gasteiger partial charge in [-0.2, -0.15) is 4.39 Å². The lowest BCUT2D eigenvalue weighted by molar-refractivity contribution is 0.0594. The molecule has 98 valence electrons. The predicted molar refractivity (Wildman–Crippen MR) is 66.0 cm³/mol. The summed E-state index contributed by atoms with van der Waals surface area (Å²) in [4.78, 5) is 22.8. The molecule has 2 rings (SSSR count). The Kier molecular flexibility index (Phi) is 3.57. The number of esters is 1. The first kappa shape index (κ1) is 13.2. The highest BCUT2D eigenvalue weighted by molar-refractivity contribution is 6.35. The molecule has 2 aromatic heterocycles. The number of ether oxygens (including phenoxy) is 1. The summed E-state index contributed by atoms with van der Waals surface area (Å²) in [5.74, 6) is -1.35. The van der Waals surface area contributed by atoms with Crippen molar-refractivity contribution in [2.75, 3.05) is 12.8 Å². The third kappa shape index (κ3) is 2.60. The van der Waals surface area contributed by atoms with Crippen LogP contribution in [0.25, 0.3) is 11.4 Å². The van der Waals surface area contributed by atoms with Crippen molar-refractivity contribution < 1.29 is 13.9 Å². The van der Waals surface area contributed by atoms with Crippen LogP contribution in [0.5, 0.6) is 0 Å². The largest absolute Gasteiger partial charge is 0.464 e. The van der Waals surface area contributed by atoms with E-state index in [0.29, 0.717) is 5.56 Å². The highest BCUT2D eigenvalue weighted by Crippen LogP contribution is 2.24. The lowest BCUT2D eigenvalue weighted by Crippen LogP contribution is -2.10. The number of carbonyl (C=O) groups is 1. The molecular weight excluding hydrogens is 275 g/mol. The molecule has 2 heterocycles. The molecule has 0 unspecified atom stereocenters. The quantitative estimate of drug-likeness (QED) is 0.666. The minimum absolute atomic E-state index is 0.0728. The molecule has 0 aromatic carbocycles. The summed E-state index contributed by atoms with van der Waals surface area (Å²) < 4.78 is 17.3. The van der Waals surface area contributed by atoms with E-state index >= 15 is 0 Å². The van der Waals surface area contributed by atoms with Crippen molar-refractivity contribution >= 4 is 23.4 Å². The Balaban J connectivity index is 2.56. The van der Waals surface area contributed by atoms with E-state index in [4.69, 9.17) is 17.3 Å². The second kappa shape index (κ2) is 5.15. The number of rotatable bonds is 2. The minimum Gasteiger partial charge on any atom is -0.464 e. The molecule has 0 fully saturated rings. The van der Waals surface area contributed by atoms with Crippen molar-refractivity contribution in [2.24, 2.45) is 0 Å². The number of pyridine rings is 1. The first-order valence-corrected chi connectivity index (χ1v) is 5.44. The van der Waals surface area contributed by atoms with Crippen LogP contribution in [-0.2, 0) is 4.74 Å². The lowest BCUT2D eigenvalue weighted by atomic mass is 10.2. The van der Waals surface area contributed by atoms with Crippen molar-refractivity contribution in [2.45, 2.75) is 0 Å². The zero-order valence-corrected chi connectivity index (χ0v) is 10.5. The predicted octanol–water partition coefficient (Wildman–Crippen LogP) is 1.70. The molecule has 0 aliphatic carbocycles. The SMILES string of the molecule is COC(=O)c1nc(-c2ccc(F)nc2)nc(N)c1Cl. The van der Waals surface area contributed by atoms with Gasteiger partial charge >= 0.3 is 5.97 Å². The van der Waals surface area contributed by atoms with Crippen molar-refractivity contribution in [1.29, 1.82) is 0 Å². The van der Waals surface area contributed by atoms with Gasteiger partial charge in [-0.1, -0.05) is 11.6 Å². The summed E-state index contributed by atoms with van der Waals surface area (Å²) in [5, 5.41) is -0.0920. The van der Waals surface area contributed by atoms with Crippen LogP contribution < -0.4 is 5.73 Å². The molecule has 0 saturated heterocycles. The Labute approximate surface area is 112 Å². The van der Waals surface area contributed by atoms with Gasteiger partial charge < -0.3 is 10.5 Å². The third-order valence-corrected chi connectivity index (χ3v) is 2.61. The van der Waals surface area contributed by atoms with Gasteiger partial charge in [0.25, 0.3) is 0 Å². The molecule has 0 amide bonds. The molecule has 0 atom stereocenters. The van der Waals surface area contributed by atoms with Crippen molar-refractivity contribution in [3.63, 3.8) is 0 Å². The monoisotopic (exact) mass is 282 g/mol. The van der Waals surface area contributed by atoms with Gasteiger partial charge in [-0.25, -0.2) is 19.7 Å². The smallest absolute Gasteiger partial charge is 0.358 e. The van der Waals surface area contributed by atoms with Crippen LogP contribution in [0, 0.1) is 5.95 Å². The van der Waals surface area contributed by atoms with Gasteiger partial charge in [-0.05, 0) is 12.1 Å². The minimum atomic E-state index is -0.740. The topological polar surface area (TPSA) is 91.0 Å². The molecule has 19 heavy (non-hydrogen) atoms. The Hall–Kier alpha value is -2.28. The number of halogens is 2. The molecule has 8 heteroatoms. The maximum absolute atomic E-state index is 12.7. The molecule has 2 aromatic rings. The van der Waals surface area contributed by atoms with Crippen LogP contribution in [0.1, 0.15) is 10.5 Å². The number of anilines is 1. The van der Waals surface area contributed by atoms with Gasteiger partial charge in [-0.15, -0.1) is 0 Å². The van der Waals surface area contributed by atoms with E-state index in [0.717, 1.165) is 6.07 Å². The number of methoxy groups -OCH3 is 1. The van der Waals surface area contributed by atoms with E-state index in [9.17, 15) is 9.18 Å². The summed E-state index contributed by atoms with van der Waals surface area (Å²) in [6, 6.07) is 2.55. The molecule has 6 nitrogen and oxygen atoms in total. The van der Waals surface area contributed by atoms with Crippen LogP contribution >= 0.6 is 11.6 Å². The normalized spacial score (nSPS) is 10.3. The summed E-state index contributed by atoms with van der Waals surface area (Å²) in [7, 11) is 1.19. The summed E-state index contributed by atoms with van der Waals surface area (Å²) in [6.07, 6.45) is 1.22. The van der Waals surface area contributed by atoms with Crippen molar-refractivity contribution in [1.82, 2.24) is 15.0 Å². The van der Waals surface area contributed by atoms with E-state index in [2.05, 4.69) is 19.7 Å². The number of carbonyl (C=O) groups excluding carboxylic acids is 1. The van der Waals surface area contributed by atoms with Gasteiger partial charge in [0.2, 0.25) is 5.95 Å². The standard InChI is InChI=1S/C11H8ClFN4O2/c1-19-11(18)8-7(12)9(14)17-10(16-8)5-2-3-6(13)15-4-5/h2-4H,1H3,(H2,14,16,17). The molecule has 0 aliphatic heterocycles. The number of hydrogen-bond acceptors (Lipinski definition) is 6. The second-order valence-electron chi connectivity index (χ2n) is 3.46. The molecule has 0 bridgehead atoms. The van der Waals surface area contributed by atoms with Gasteiger partial charge in [-0.3, -0.25) is 0 Å². The summed E-state index contributed by atoms with van der Waals surface area (Å²) >= 11 is 5.83. The fourth-order valence-corrected chi connectivity index (χ4v) is 1.50. The Bertz CT molecular complexity index is 633. The van der Waals surface area contributed by atoms with E-state index in [1.807, 2.05) is 0 Å². The third-order valence-electron chi connectivity index (χ3n) is 2.24. The van der Waals surface area contributed by atoms with Crippen LogP contribution in [0.4, 0.5) is 10.2 Å². The molecule has 0 saturated carbocycles. The van der Waals surface area contributed by atoms with Crippen LogP contribution in [0.3, 0.4) is 0 Å². The maximum atomic E-state index is 12.7. The number of nitrogens with zero attached hydrogens (tertiary/aromatic N) is 3. The molecule has 0 spiro atoms. The van der Waals surface area contributed by atoms with Gasteiger partial charge in [0.05, 0.1) is 7.11 Å². The average Bonchev–Trinajstić information content (AvgIpc) is 2.41. The van der Waals surface area contributed by atoms with Crippen LogP contribution in [0.2, 0.25) is 5.02 Å². The molecular formula is C11H8ClFN4O2. The van der Waals surface area contributed by atoms with Crippen LogP contribution in [-0.4, -0.2) is 28.0 Å². The van der Waals surface area contributed by atoms with Crippen LogP contribution in [0.15, 0.2) is 18.3 Å². The van der Waals surface area contributed by atoms with E-state index in [1.54, 1.807) is 0 Å². The Morgan fingerprint density at radius 3 is 2.74 bits per heavy atom. The van der Waals surface area contributed by atoms with Gasteiger partial charge in [0.15, 0.2) is 11.5 Å². The van der Waals surface area contributed by atoms with Crippen molar-refractivity contribution in [3.8, 4) is 11.4 Å². The molecule has 0 radical (unpaired) electrons. The number of aromatic nitrogens is 3. The zero-order valence-electron chi connectivity index (χ0n) is 9.72. The second-order valence-corrected chi connectivity index (χ2v) is 3.83. The van der Waals surface area contributed by atoms with E-state index in [1.165, 1.54) is 19.4 Å². The van der Waals surface area contributed by atoms with Crippen molar-refractivity contribution in [3.05, 3.63) is 35.0 Å². The van der Waals surface area contributed by atoms with Gasteiger partial charge in [0.1, 0.15) is 10.8 Å². The zero-order chi connectivity index (χ0) is 14.0. The first-order chi connectivity index (χ1) is 9.02. The maximum Gasteiger partial charge on any atom is 0.358 e. The lowest BCUT2D eigenvalue weighted by Gasteiger charge is -2.07. The number of nitrogens with two attached hydrogens (primary N) is 1. The molecule has 2 N–H and O–H groups in total. The Morgan fingerprint density at radius 1 is 1.42 bits per heavy atom. The average molecular weight is 283 g/mol. The highest BCUT2D eigenvalue weighted by atomic mass is 35.5. The fourth-order valence-electron chi connectivity index (χ4n) is 1.33. The van der Waals surface area contributed by atoms with Gasteiger partial charge in [0, 0.05) is 11.8 Å².